The lowest BCUT2D eigenvalue weighted by Crippen LogP contribution is -2.06. The fraction of sp³-hybridized carbons (Fsp3) is 0. The molecule has 4 heterocycles. The van der Waals surface area contributed by atoms with Gasteiger partial charge in [0, 0.05) is 55.0 Å². The number of hydrogen-bond acceptors (Lipinski definition) is 5. The number of para-hydroxylation sites is 3. The molecule has 0 aliphatic carbocycles. The predicted octanol–water partition coefficient (Wildman–Crippen LogP) is 13.2. The molecule has 0 saturated heterocycles. The van der Waals surface area contributed by atoms with Gasteiger partial charge >= 0.3 is 0 Å². The zero-order valence-electron chi connectivity index (χ0n) is 33.3. The van der Waals surface area contributed by atoms with E-state index in [-0.39, 0.29) is 0 Å². The van der Waals surface area contributed by atoms with Gasteiger partial charge in [-0.1, -0.05) is 170 Å². The van der Waals surface area contributed by atoms with E-state index in [1.54, 1.807) is 0 Å². The molecular weight excluding hydrogens is 759 g/mol. The van der Waals surface area contributed by atoms with E-state index in [9.17, 15) is 0 Å². The maximum Gasteiger partial charge on any atom is 0.238 e. The van der Waals surface area contributed by atoms with Crippen molar-refractivity contribution in [3.05, 3.63) is 212 Å². The first-order valence-corrected chi connectivity index (χ1v) is 20.7. The molecule has 12 aromatic rings. The number of aromatic nitrogens is 7. The van der Waals surface area contributed by atoms with Crippen LogP contribution in [0.4, 0.5) is 0 Å². The Morgan fingerprint density at radius 2 is 0.774 bits per heavy atom. The molecule has 0 unspecified atom stereocenters. The third kappa shape index (κ3) is 5.94. The Labute approximate surface area is 356 Å². The molecule has 7 nitrogen and oxygen atoms in total. The zero-order chi connectivity index (χ0) is 41.0. The van der Waals surface area contributed by atoms with E-state index in [1.165, 1.54) is 0 Å². The SMILES string of the molecule is c1ccc(-c2cc(-c3ccccc3)nc(-c3cccc(-c4nc(-c5ccccc5)nc(-n5c6ccccc6c6ccc7c(c8ccccc8n7-c7ccccc7)c65)n4)c3)n2)cc1. The minimum Gasteiger partial charge on any atom is -0.309 e. The van der Waals surface area contributed by atoms with Crippen LogP contribution in [0.1, 0.15) is 0 Å². The van der Waals surface area contributed by atoms with Crippen LogP contribution in [0.25, 0.3) is 112 Å². The van der Waals surface area contributed by atoms with E-state index in [1.807, 2.05) is 78.9 Å². The molecule has 0 bridgehead atoms. The van der Waals surface area contributed by atoms with E-state index in [4.69, 9.17) is 24.9 Å². The molecule has 0 amide bonds. The van der Waals surface area contributed by atoms with Crippen molar-refractivity contribution in [2.45, 2.75) is 0 Å². The first kappa shape index (κ1) is 35.4. The van der Waals surface area contributed by atoms with Crippen molar-refractivity contribution in [1.82, 2.24) is 34.1 Å². The Morgan fingerprint density at radius 1 is 0.290 bits per heavy atom. The molecule has 0 radical (unpaired) electrons. The van der Waals surface area contributed by atoms with Gasteiger partial charge in [0.2, 0.25) is 5.95 Å². The van der Waals surface area contributed by atoms with Crippen LogP contribution in [-0.4, -0.2) is 34.1 Å². The molecule has 0 N–H and O–H groups in total. The third-order valence-electron chi connectivity index (χ3n) is 11.6. The van der Waals surface area contributed by atoms with Gasteiger partial charge in [0.1, 0.15) is 0 Å². The Hall–Kier alpha value is -8.55. The van der Waals surface area contributed by atoms with Gasteiger partial charge in [-0.25, -0.2) is 15.0 Å². The largest absolute Gasteiger partial charge is 0.309 e. The molecular formula is C55H35N7. The van der Waals surface area contributed by atoms with E-state index >= 15 is 0 Å². The zero-order valence-corrected chi connectivity index (χ0v) is 33.3. The first-order chi connectivity index (χ1) is 30.7. The van der Waals surface area contributed by atoms with Gasteiger partial charge in [-0.2, -0.15) is 9.97 Å². The van der Waals surface area contributed by atoms with Crippen LogP contribution < -0.4 is 0 Å². The highest BCUT2D eigenvalue weighted by molar-refractivity contribution is 6.26. The number of nitrogens with zero attached hydrogens (tertiary/aromatic N) is 7. The van der Waals surface area contributed by atoms with Crippen molar-refractivity contribution in [3.63, 3.8) is 0 Å². The van der Waals surface area contributed by atoms with Crippen LogP contribution in [0, 0.1) is 0 Å². The average Bonchev–Trinajstić information content (AvgIpc) is 3.88. The lowest BCUT2D eigenvalue weighted by atomic mass is 10.1. The minimum absolute atomic E-state index is 0.531. The monoisotopic (exact) mass is 793 g/mol. The topological polar surface area (TPSA) is 74.3 Å². The lowest BCUT2D eigenvalue weighted by molar-refractivity contribution is 0.955. The van der Waals surface area contributed by atoms with Gasteiger partial charge in [0.15, 0.2) is 17.5 Å². The molecule has 290 valence electrons. The summed E-state index contributed by atoms with van der Waals surface area (Å²) < 4.78 is 4.58. The van der Waals surface area contributed by atoms with Gasteiger partial charge in [-0.3, -0.25) is 4.57 Å². The fourth-order valence-electron chi connectivity index (χ4n) is 8.77. The fourth-order valence-corrected chi connectivity index (χ4v) is 8.77. The van der Waals surface area contributed by atoms with Crippen LogP contribution in [0.2, 0.25) is 0 Å². The molecule has 0 aliphatic heterocycles. The summed E-state index contributed by atoms with van der Waals surface area (Å²) in [5, 5.41) is 4.53. The van der Waals surface area contributed by atoms with Crippen molar-refractivity contribution in [2.75, 3.05) is 0 Å². The molecule has 8 aromatic carbocycles. The van der Waals surface area contributed by atoms with Gasteiger partial charge in [0.05, 0.1) is 33.5 Å². The predicted molar refractivity (Wildman–Crippen MR) is 251 cm³/mol. The minimum atomic E-state index is 0.531. The highest BCUT2D eigenvalue weighted by Gasteiger charge is 2.23. The van der Waals surface area contributed by atoms with Gasteiger partial charge < -0.3 is 4.57 Å². The molecule has 4 aromatic heterocycles. The van der Waals surface area contributed by atoms with E-state index in [0.29, 0.717) is 23.4 Å². The summed E-state index contributed by atoms with van der Waals surface area (Å²) in [5.41, 5.74) is 11.7. The standard InChI is InChI=1S/C55H35N7/c1-5-18-36(19-6-1)45-35-46(37-20-7-2-8-21-37)57-53(56-45)39-24-17-25-40(34-39)54-58-52(38-22-9-3-10-23-38)59-55(60-54)62-47-30-15-13-28-42(47)43-32-33-49-50(51(43)62)44-29-14-16-31-48(44)61(49)41-26-11-4-12-27-41/h1-35H. The Kier molecular flexibility index (Phi) is 8.35. The van der Waals surface area contributed by atoms with Crippen LogP contribution >= 0.6 is 0 Å². The highest BCUT2D eigenvalue weighted by atomic mass is 15.2. The second kappa shape index (κ2) is 14.6. The Balaban J connectivity index is 1.11. The lowest BCUT2D eigenvalue weighted by Gasteiger charge is -2.13. The van der Waals surface area contributed by atoms with Crippen molar-refractivity contribution in [2.24, 2.45) is 0 Å². The number of hydrogen-bond donors (Lipinski definition) is 0. The summed E-state index contributed by atoms with van der Waals surface area (Å²) in [5.74, 6) is 2.27. The van der Waals surface area contributed by atoms with Crippen molar-refractivity contribution in [3.8, 4) is 68.3 Å². The second-order valence-electron chi connectivity index (χ2n) is 15.3. The maximum absolute atomic E-state index is 5.38. The van der Waals surface area contributed by atoms with Gasteiger partial charge in [0.25, 0.3) is 0 Å². The molecule has 62 heavy (non-hydrogen) atoms. The average molecular weight is 794 g/mol. The number of benzene rings is 8. The van der Waals surface area contributed by atoms with Crippen molar-refractivity contribution >= 4 is 43.6 Å². The quantitative estimate of drug-likeness (QED) is 0.161. The molecule has 0 aliphatic rings. The molecule has 0 atom stereocenters. The van der Waals surface area contributed by atoms with Crippen LogP contribution in [0.3, 0.4) is 0 Å². The van der Waals surface area contributed by atoms with Crippen molar-refractivity contribution in [1.29, 1.82) is 0 Å². The smallest absolute Gasteiger partial charge is 0.238 e. The number of rotatable bonds is 7. The summed E-state index contributed by atoms with van der Waals surface area (Å²) in [7, 11) is 0. The normalized spacial score (nSPS) is 11.5. The van der Waals surface area contributed by atoms with E-state index in [0.717, 1.165) is 88.5 Å². The molecule has 0 spiro atoms. The Bertz CT molecular complexity index is 3560. The molecule has 0 saturated carbocycles. The summed E-state index contributed by atoms with van der Waals surface area (Å²) >= 11 is 0. The van der Waals surface area contributed by atoms with Crippen LogP contribution in [0.15, 0.2) is 212 Å². The summed E-state index contributed by atoms with van der Waals surface area (Å²) in [4.78, 5) is 26.1. The summed E-state index contributed by atoms with van der Waals surface area (Å²) in [6.07, 6.45) is 0. The van der Waals surface area contributed by atoms with Gasteiger partial charge in [-0.15, -0.1) is 0 Å². The highest BCUT2D eigenvalue weighted by Crippen LogP contribution is 2.42. The van der Waals surface area contributed by atoms with Crippen LogP contribution in [-0.2, 0) is 0 Å². The van der Waals surface area contributed by atoms with Gasteiger partial charge in [-0.05, 0) is 42.5 Å². The molecule has 0 fully saturated rings. The van der Waals surface area contributed by atoms with E-state index < -0.39 is 0 Å². The third-order valence-corrected chi connectivity index (χ3v) is 11.6. The summed E-state index contributed by atoms with van der Waals surface area (Å²) in [6.45, 7) is 0. The number of fused-ring (bicyclic) bond motifs is 7. The second-order valence-corrected chi connectivity index (χ2v) is 15.3. The molecule has 12 rings (SSSR count). The summed E-state index contributed by atoms with van der Waals surface area (Å²) in [6, 6.07) is 73.1. The molecule has 7 heteroatoms. The van der Waals surface area contributed by atoms with E-state index in [2.05, 4.69) is 143 Å². The van der Waals surface area contributed by atoms with Crippen LogP contribution in [0.5, 0.6) is 0 Å². The van der Waals surface area contributed by atoms with Crippen molar-refractivity contribution < 1.29 is 0 Å². The Morgan fingerprint density at radius 3 is 1.40 bits per heavy atom. The maximum atomic E-state index is 5.38. The first-order valence-electron chi connectivity index (χ1n) is 20.7.